The molecule has 78 valence electrons. The third kappa shape index (κ3) is 1.64. The van der Waals surface area contributed by atoms with E-state index < -0.39 is 0 Å². The van der Waals surface area contributed by atoms with E-state index in [4.69, 9.17) is 5.73 Å². The lowest BCUT2D eigenvalue weighted by atomic mass is 10.1. The molecule has 0 amide bonds. The molecule has 0 aliphatic heterocycles. The molecule has 15 heavy (non-hydrogen) atoms. The molecule has 2 rings (SSSR count). The normalized spacial score (nSPS) is 10.8. The van der Waals surface area contributed by atoms with Gasteiger partial charge in [0.1, 0.15) is 5.82 Å². The zero-order chi connectivity index (χ0) is 10.8. The Balaban J connectivity index is 2.54. The number of aromatic nitrogens is 1. The largest absolute Gasteiger partial charge is 0.358 e. The number of halogens is 1. The predicted octanol–water partition coefficient (Wildman–Crippen LogP) is 1.84. The Morgan fingerprint density at radius 1 is 1.47 bits per heavy atom. The van der Waals surface area contributed by atoms with Crippen LogP contribution in [0.25, 0.3) is 10.9 Å². The molecule has 0 aliphatic rings. The van der Waals surface area contributed by atoms with Gasteiger partial charge in [-0.15, -0.1) is 0 Å². The number of nitrogens with one attached hydrogen (secondary N) is 1. The van der Waals surface area contributed by atoms with Gasteiger partial charge in [-0.1, -0.05) is 12.1 Å². The maximum absolute atomic E-state index is 13.3. The summed E-state index contributed by atoms with van der Waals surface area (Å²) < 4.78 is 13.3. The molecule has 0 fully saturated rings. The van der Waals surface area contributed by atoms with Crippen LogP contribution < -0.4 is 5.73 Å². The highest BCUT2D eigenvalue weighted by molar-refractivity contribution is 6.07. The smallest absolute Gasteiger partial charge is 0.166 e. The van der Waals surface area contributed by atoms with Crippen LogP contribution in [0.15, 0.2) is 24.4 Å². The van der Waals surface area contributed by atoms with Crippen molar-refractivity contribution >= 4 is 16.7 Å². The van der Waals surface area contributed by atoms with E-state index in [-0.39, 0.29) is 18.0 Å². The monoisotopic (exact) mass is 206 g/mol. The van der Waals surface area contributed by atoms with E-state index in [1.54, 1.807) is 12.1 Å². The molecule has 0 atom stereocenters. The van der Waals surface area contributed by atoms with Gasteiger partial charge < -0.3 is 10.7 Å². The lowest BCUT2D eigenvalue weighted by Crippen LogP contribution is -2.07. The highest BCUT2D eigenvalue weighted by atomic mass is 19.1. The van der Waals surface area contributed by atoms with Crippen LogP contribution in [0.4, 0.5) is 4.39 Å². The molecule has 1 heterocycles. The number of carbonyl (C=O) groups is 1. The number of nitrogens with two attached hydrogens (primary N) is 1. The van der Waals surface area contributed by atoms with Gasteiger partial charge in [0.15, 0.2) is 5.78 Å². The van der Waals surface area contributed by atoms with Gasteiger partial charge in [0.25, 0.3) is 0 Å². The molecule has 0 aliphatic carbocycles. The number of rotatable bonds is 3. The van der Waals surface area contributed by atoms with Gasteiger partial charge in [-0.05, 0) is 12.6 Å². The summed E-state index contributed by atoms with van der Waals surface area (Å²) >= 11 is 0. The highest BCUT2D eigenvalue weighted by Crippen LogP contribution is 2.21. The van der Waals surface area contributed by atoms with E-state index in [0.717, 1.165) is 0 Å². The van der Waals surface area contributed by atoms with Crippen molar-refractivity contribution in [3.8, 4) is 0 Å². The Kier molecular flexibility index (Phi) is 2.51. The van der Waals surface area contributed by atoms with Crippen LogP contribution in [0.1, 0.15) is 16.8 Å². The minimum atomic E-state index is -0.348. The Bertz CT molecular complexity index is 504. The van der Waals surface area contributed by atoms with E-state index in [1.165, 1.54) is 12.3 Å². The van der Waals surface area contributed by atoms with Crippen LogP contribution in [0.3, 0.4) is 0 Å². The predicted molar refractivity (Wildman–Crippen MR) is 56.3 cm³/mol. The molecule has 0 bridgehead atoms. The van der Waals surface area contributed by atoms with Gasteiger partial charge in [0.2, 0.25) is 0 Å². The fourth-order valence-electron chi connectivity index (χ4n) is 1.61. The van der Waals surface area contributed by atoms with Crippen molar-refractivity contribution in [2.24, 2.45) is 5.73 Å². The summed E-state index contributed by atoms with van der Waals surface area (Å²) in [7, 11) is 0. The summed E-state index contributed by atoms with van der Waals surface area (Å²) in [6.07, 6.45) is 1.81. The standard InChI is InChI=1S/C11H11FN2O/c12-9-3-1-2-7-8(6-14-11(7)9)10(15)4-5-13/h1-3,6,14H,4-5,13H2. The van der Waals surface area contributed by atoms with Crippen molar-refractivity contribution in [3.63, 3.8) is 0 Å². The second-order valence-electron chi connectivity index (χ2n) is 3.33. The molecule has 4 heteroatoms. The van der Waals surface area contributed by atoms with Crippen molar-refractivity contribution < 1.29 is 9.18 Å². The first-order valence-corrected chi connectivity index (χ1v) is 4.73. The molecule has 0 spiro atoms. The molecule has 0 unspecified atom stereocenters. The first-order chi connectivity index (χ1) is 7.24. The lowest BCUT2D eigenvalue weighted by molar-refractivity contribution is 0.0987. The zero-order valence-corrected chi connectivity index (χ0v) is 8.09. The molecular weight excluding hydrogens is 195 g/mol. The molecule has 1 aromatic carbocycles. The number of Topliss-reactive ketones (excluding diaryl/α,β-unsaturated/α-hetero) is 1. The number of H-pyrrole nitrogens is 1. The summed E-state index contributed by atoms with van der Waals surface area (Å²) in [5, 5.41) is 0.619. The second kappa shape index (κ2) is 3.82. The van der Waals surface area contributed by atoms with Crippen LogP contribution >= 0.6 is 0 Å². The summed E-state index contributed by atoms with van der Waals surface area (Å²) in [6.45, 7) is 0.306. The first kappa shape index (κ1) is 9.86. The third-order valence-electron chi connectivity index (χ3n) is 2.34. The molecule has 1 aromatic heterocycles. The SMILES string of the molecule is NCCC(=O)c1c[nH]c2c(F)cccc12. The minimum absolute atomic E-state index is 0.0608. The summed E-state index contributed by atoms with van der Waals surface area (Å²) in [5.41, 5.74) is 6.19. The maximum Gasteiger partial charge on any atom is 0.166 e. The van der Waals surface area contributed by atoms with Crippen LogP contribution in [-0.2, 0) is 0 Å². The molecular formula is C11H11FN2O. The van der Waals surface area contributed by atoms with E-state index >= 15 is 0 Å². The summed E-state index contributed by atoms with van der Waals surface area (Å²) in [6, 6.07) is 4.67. The molecule has 0 saturated carbocycles. The van der Waals surface area contributed by atoms with Gasteiger partial charge in [0, 0.05) is 23.6 Å². The van der Waals surface area contributed by atoms with Crippen molar-refractivity contribution in [2.75, 3.05) is 6.54 Å². The van der Waals surface area contributed by atoms with Crippen LogP contribution in [0.5, 0.6) is 0 Å². The number of hydrogen-bond donors (Lipinski definition) is 2. The molecule has 0 saturated heterocycles. The summed E-state index contributed by atoms with van der Waals surface area (Å²) in [5.74, 6) is -0.409. The number of ketones is 1. The zero-order valence-electron chi connectivity index (χ0n) is 8.09. The Morgan fingerprint density at radius 2 is 2.27 bits per heavy atom. The van der Waals surface area contributed by atoms with E-state index in [1.807, 2.05) is 0 Å². The molecule has 3 nitrogen and oxygen atoms in total. The number of hydrogen-bond acceptors (Lipinski definition) is 2. The number of carbonyl (C=O) groups excluding carboxylic acids is 1. The van der Waals surface area contributed by atoms with Crippen LogP contribution in [-0.4, -0.2) is 17.3 Å². The maximum atomic E-state index is 13.3. The highest BCUT2D eigenvalue weighted by Gasteiger charge is 2.12. The fourth-order valence-corrected chi connectivity index (χ4v) is 1.61. The molecule has 2 aromatic rings. The van der Waals surface area contributed by atoms with Gasteiger partial charge in [0.05, 0.1) is 5.52 Å². The van der Waals surface area contributed by atoms with E-state index in [0.29, 0.717) is 23.0 Å². The molecule has 3 N–H and O–H groups in total. The average molecular weight is 206 g/mol. The van der Waals surface area contributed by atoms with Gasteiger partial charge in [-0.25, -0.2) is 4.39 Å². The van der Waals surface area contributed by atoms with Crippen LogP contribution in [0.2, 0.25) is 0 Å². The average Bonchev–Trinajstić information content (AvgIpc) is 2.63. The Labute approximate surface area is 86.1 Å². The van der Waals surface area contributed by atoms with Crippen molar-refractivity contribution in [2.45, 2.75) is 6.42 Å². The number of benzene rings is 1. The van der Waals surface area contributed by atoms with E-state index in [9.17, 15) is 9.18 Å². The Hall–Kier alpha value is -1.68. The van der Waals surface area contributed by atoms with Gasteiger partial charge >= 0.3 is 0 Å². The third-order valence-corrected chi connectivity index (χ3v) is 2.34. The van der Waals surface area contributed by atoms with Gasteiger partial charge in [-0.2, -0.15) is 0 Å². The number of fused-ring (bicyclic) bond motifs is 1. The van der Waals surface area contributed by atoms with Gasteiger partial charge in [-0.3, -0.25) is 4.79 Å². The lowest BCUT2D eigenvalue weighted by Gasteiger charge is -1.96. The number of aromatic amines is 1. The molecule has 0 radical (unpaired) electrons. The van der Waals surface area contributed by atoms with Crippen LogP contribution in [0, 0.1) is 5.82 Å². The first-order valence-electron chi connectivity index (χ1n) is 4.73. The fraction of sp³-hybridized carbons (Fsp3) is 0.182. The number of para-hydroxylation sites is 1. The summed E-state index contributed by atoms with van der Waals surface area (Å²) in [4.78, 5) is 14.4. The quantitative estimate of drug-likeness (QED) is 0.753. The van der Waals surface area contributed by atoms with Crippen molar-refractivity contribution in [1.29, 1.82) is 0 Å². The second-order valence-corrected chi connectivity index (χ2v) is 3.33. The Morgan fingerprint density at radius 3 is 3.00 bits per heavy atom. The van der Waals surface area contributed by atoms with Crippen molar-refractivity contribution in [3.05, 3.63) is 35.8 Å². The van der Waals surface area contributed by atoms with E-state index in [2.05, 4.69) is 4.98 Å². The topological polar surface area (TPSA) is 58.9 Å². The van der Waals surface area contributed by atoms with Crippen molar-refractivity contribution in [1.82, 2.24) is 4.98 Å². The minimum Gasteiger partial charge on any atom is -0.358 e.